The second kappa shape index (κ2) is 17.9. The predicted molar refractivity (Wildman–Crippen MR) is 170 cm³/mol. The van der Waals surface area contributed by atoms with E-state index in [2.05, 4.69) is 0 Å². The number of esters is 1. The van der Waals surface area contributed by atoms with Gasteiger partial charge in [0.15, 0.2) is 24.8 Å². The van der Waals surface area contributed by atoms with Crippen LogP contribution in [0.2, 0.25) is 0 Å². The van der Waals surface area contributed by atoms with Crippen molar-refractivity contribution in [3.63, 3.8) is 0 Å². The Labute approximate surface area is 296 Å². The van der Waals surface area contributed by atoms with Crippen molar-refractivity contribution in [3.8, 4) is 11.8 Å². The number of aliphatic hydroxyl groups is 9. The molecule has 2 aromatic carbocycles. The molecule has 18 nitrogen and oxygen atoms in total. The molecule has 3 fully saturated rings. The number of nitriles is 1. The van der Waals surface area contributed by atoms with Crippen molar-refractivity contribution in [3.05, 3.63) is 71.8 Å². The lowest BCUT2D eigenvalue weighted by Crippen LogP contribution is -2.60. The SMILES string of the molecule is N#C[C@@H](O[C@@H]1O[C@H](CO[C@H]2OC[C@H](OC(=O)C=Cc3ccc(O[C@H]4O[C@@H](CO)[C@H](O)[C@H](O)[C@H]4O)cc3)[C@@H](O)[C@@H]2O)[C@@H](O)[C@H](O)[C@H]1O)c1ccccc1. The van der Waals surface area contributed by atoms with Crippen molar-refractivity contribution in [1.82, 2.24) is 0 Å². The topological polar surface area (TPSA) is 288 Å². The summed E-state index contributed by atoms with van der Waals surface area (Å²) >= 11 is 0. The van der Waals surface area contributed by atoms with Gasteiger partial charge in [-0.1, -0.05) is 42.5 Å². The maximum absolute atomic E-state index is 12.5. The highest BCUT2D eigenvalue weighted by molar-refractivity contribution is 5.87. The monoisotopic (exact) mass is 735 g/mol. The minimum atomic E-state index is -1.75. The van der Waals surface area contributed by atoms with Crippen molar-refractivity contribution >= 4 is 12.0 Å². The fourth-order valence-electron chi connectivity index (χ4n) is 5.63. The van der Waals surface area contributed by atoms with Gasteiger partial charge in [0.2, 0.25) is 6.29 Å². The number of ether oxygens (including phenoxy) is 7. The summed E-state index contributed by atoms with van der Waals surface area (Å²) in [5.74, 6) is -0.677. The van der Waals surface area contributed by atoms with Crippen molar-refractivity contribution in [1.29, 1.82) is 5.26 Å². The lowest BCUT2D eigenvalue weighted by Gasteiger charge is -2.42. The molecule has 0 aliphatic carbocycles. The van der Waals surface area contributed by atoms with E-state index in [-0.39, 0.29) is 5.75 Å². The number of hydrogen-bond acceptors (Lipinski definition) is 18. The summed E-state index contributed by atoms with van der Waals surface area (Å²) in [6.07, 6.45) is -20.1. The summed E-state index contributed by atoms with van der Waals surface area (Å²) < 4.78 is 38.2. The summed E-state index contributed by atoms with van der Waals surface area (Å²) in [4.78, 5) is 12.5. The first-order chi connectivity index (χ1) is 24.9. The van der Waals surface area contributed by atoms with Gasteiger partial charge < -0.3 is 79.1 Å². The van der Waals surface area contributed by atoms with Gasteiger partial charge in [0.1, 0.15) is 66.8 Å². The van der Waals surface area contributed by atoms with Crippen LogP contribution >= 0.6 is 0 Å². The van der Waals surface area contributed by atoms with Crippen LogP contribution in [0.15, 0.2) is 60.7 Å². The molecule has 52 heavy (non-hydrogen) atoms. The average Bonchev–Trinajstić information content (AvgIpc) is 3.16. The molecule has 0 amide bonds. The Bertz CT molecular complexity index is 1510. The molecule has 3 saturated heterocycles. The first-order valence-electron chi connectivity index (χ1n) is 16.3. The Kier molecular flexibility index (Phi) is 13.7. The Morgan fingerprint density at radius 1 is 0.788 bits per heavy atom. The number of aliphatic hydroxyl groups excluding tert-OH is 9. The van der Waals surface area contributed by atoms with Crippen molar-refractivity contribution in [2.75, 3.05) is 19.8 Å². The molecular weight excluding hydrogens is 694 g/mol. The molecule has 3 aliphatic heterocycles. The maximum Gasteiger partial charge on any atom is 0.331 e. The number of benzene rings is 2. The first-order valence-corrected chi connectivity index (χ1v) is 16.3. The van der Waals surface area contributed by atoms with Gasteiger partial charge in [0.05, 0.1) is 25.9 Å². The van der Waals surface area contributed by atoms with Crippen LogP contribution in [-0.4, -0.2) is 158 Å². The smallest absolute Gasteiger partial charge is 0.331 e. The van der Waals surface area contributed by atoms with Crippen LogP contribution in [0.5, 0.6) is 5.75 Å². The van der Waals surface area contributed by atoms with Crippen molar-refractivity contribution in [2.45, 2.75) is 92.1 Å². The van der Waals surface area contributed by atoms with Crippen molar-refractivity contribution < 1.29 is 83.9 Å². The van der Waals surface area contributed by atoms with E-state index in [9.17, 15) is 56.0 Å². The van der Waals surface area contributed by atoms with Gasteiger partial charge in [-0.2, -0.15) is 5.26 Å². The highest BCUT2D eigenvalue weighted by Crippen LogP contribution is 2.29. The Morgan fingerprint density at radius 2 is 1.40 bits per heavy atom. The molecule has 5 rings (SSSR count). The quantitative estimate of drug-likeness (QED) is 0.0774. The van der Waals surface area contributed by atoms with Crippen molar-refractivity contribution in [2.24, 2.45) is 0 Å². The fraction of sp³-hybridized carbons (Fsp3) is 0.529. The molecule has 284 valence electrons. The second-order valence-electron chi connectivity index (χ2n) is 12.3. The largest absolute Gasteiger partial charge is 0.462 e. The molecule has 9 N–H and O–H groups in total. The van der Waals surface area contributed by atoms with Crippen LogP contribution < -0.4 is 4.74 Å². The van der Waals surface area contributed by atoms with Crippen LogP contribution in [-0.2, 0) is 33.2 Å². The van der Waals surface area contributed by atoms with E-state index in [1.807, 2.05) is 6.07 Å². The average molecular weight is 736 g/mol. The van der Waals surface area contributed by atoms with Gasteiger partial charge in [0.25, 0.3) is 0 Å². The predicted octanol–water partition coefficient (Wildman–Crippen LogP) is -3.03. The molecular formula is C34H41NO17. The van der Waals surface area contributed by atoms with E-state index < -0.39 is 118 Å². The van der Waals surface area contributed by atoms with Gasteiger partial charge in [-0.15, -0.1) is 0 Å². The second-order valence-corrected chi connectivity index (χ2v) is 12.3. The van der Waals surface area contributed by atoms with Gasteiger partial charge in [-0.25, -0.2) is 4.79 Å². The lowest BCUT2D eigenvalue weighted by atomic mass is 9.99. The van der Waals surface area contributed by atoms with Crippen LogP contribution in [0.1, 0.15) is 17.2 Å². The van der Waals surface area contributed by atoms with Gasteiger partial charge in [-0.3, -0.25) is 0 Å². The molecule has 0 spiro atoms. The third-order valence-electron chi connectivity index (χ3n) is 8.68. The Hall–Kier alpha value is -3.62. The molecule has 0 unspecified atom stereocenters. The molecule has 0 saturated carbocycles. The highest BCUT2D eigenvalue weighted by Gasteiger charge is 2.47. The summed E-state index contributed by atoms with van der Waals surface area (Å²) in [5.41, 5.74) is 0.970. The molecule has 3 aliphatic rings. The first kappa shape index (κ1) is 39.6. The molecule has 0 aromatic heterocycles. The molecule has 3 heterocycles. The molecule has 0 radical (unpaired) electrons. The van der Waals surface area contributed by atoms with E-state index in [1.165, 1.54) is 18.2 Å². The Morgan fingerprint density at radius 3 is 2.06 bits per heavy atom. The zero-order valence-electron chi connectivity index (χ0n) is 27.4. The number of hydrogen-bond donors (Lipinski definition) is 9. The third-order valence-corrected chi connectivity index (χ3v) is 8.68. The molecule has 2 aromatic rings. The highest BCUT2D eigenvalue weighted by atomic mass is 16.7. The Balaban J connectivity index is 1.09. The van der Waals surface area contributed by atoms with E-state index in [4.69, 9.17) is 33.2 Å². The normalized spacial score (nSPS) is 37.2. The third kappa shape index (κ3) is 9.29. The number of rotatable bonds is 12. The lowest BCUT2D eigenvalue weighted by molar-refractivity contribution is -0.325. The number of carbonyl (C=O) groups is 1. The van der Waals surface area contributed by atoms with E-state index in [1.54, 1.807) is 42.5 Å². The molecule has 0 bridgehead atoms. The minimum absolute atomic E-state index is 0.208. The summed E-state index contributed by atoms with van der Waals surface area (Å²) in [5, 5.41) is 101. The minimum Gasteiger partial charge on any atom is -0.462 e. The van der Waals surface area contributed by atoms with Crippen LogP contribution in [0.3, 0.4) is 0 Å². The zero-order valence-corrected chi connectivity index (χ0v) is 27.4. The molecule has 15 atom stereocenters. The molecule has 18 heteroatoms. The summed E-state index contributed by atoms with van der Waals surface area (Å²) in [7, 11) is 0. The van der Waals surface area contributed by atoms with E-state index >= 15 is 0 Å². The number of nitrogens with zero attached hydrogens (tertiary/aromatic N) is 1. The van der Waals surface area contributed by atoms with Crippen LogP contribution in [0, 0.1) is 11.3 Å². The standard InChI is InChI=1S/C34H41NO17/c35-12-19(17-4-2-1-3-5-17)50-34-31(45)28(42)25(39)22(52-34)15-47-32-29(43)26(40)21(14-46-32)49-23(37)11-8-16-6-9-18(10-7-16)48-33-30(44)27(41)24(38)20(13-36)51-33/h1-11,19-22,24-34,36,38-45H,13-15H2/t19-,20+,21+,22-,24+,25-,26-,27+,28+,29+,30-,31-,32-,33+,34-/m1/s1. The van der Waals surface area contributed by atoms with Gasteiger partial charge >= 0.3 is 5.97 Å². The van der Waals surface area contributed by atoms with Crippen LogP contribution in [0.25, 0.3) is 6.08 Å². The fourth-order valence-corrected chi connectivity index (χ4v) is 5.63. The zero-order chi connectivity index (χ0) is 37.5. The van der Waals surface area contributed by atoms with E-state index in [0.29, 0.717) is 11.1 Å². The van der Waals surface area contributed by atoms with Gasteiger partial charge in [-0.05, 0) is 29.3 Å². The van der Waals surface area contributed by atoms with Crippen LogP contribution in [0.4, 0.5) is 0 Å². The number of carbonyl (C=O) groups excluding carboxylic acids is 1. The van der Waals surface area contributed by atoms with Gasteiger partial charge in [0, 0.05) is 6.08 Å². The summed E-state index contributed by atoms with van der Waals surface area (Å²) in [6, 6.07) is 16.3. The maximum atomic E-state index is 12.5. The summed E-state index contributed by atoms with van der Waals surface area (Å²) in [6.45, 7) is -1.52. The van der Waals surface area contributed by atoms with E-state index in [0.717, 1.165) is 6.08 Å².